The second-order valence-corrected chi connectivity index (χ2v) is 7.44. The number of benzene rings is 2. The Morgan fingerprint density at radius 3 is 2.62 bits per heavy atom. The Labute approximate surface area is 170 Å². The Hall–Kier alpha value is -3.06. The molecular formula is C22H26N6O. The van der Waals surface area contributed by atoms with Crippen LogP contribution >= 0.6 is 0 Å². The summed E-state index contributed by atoms with van der Waals surface area (Å²) in [5.74, 6) is 1.03. The summed E-state index contributed by atoms with van der Waals surface area (Å²) in [5, 5.41) is 15.2. The van der Waals surface area contributed by atoms with Gasteiger partial charge in [-0.25, -0.2) is 0 Å². The Bertz CT molecular complexity index is 911. The minimum Gasteiger partial charge on any atom is -0.326 e. The SMILES string of the molecule is O=C(Nc1ccccc1)[C@@H]1CCCN(CCCc2nnnn2-c2ccccc2)C1. The fraction of sp³-hybridized carbons (Fsp3) is 0.364. The smallest absolute Gasteiger partial charge is 0.228 e. The Morgan fingerprint density at radius 1 is 1.07 bits per heavy atom. The summed E-state index contributed by atoms with van der Waals surface area (Å²) in [7, 11) is 0. The first kappa shape index (κ1) is 19.3. The van der Waals surface area contributed by atoms with Crippen molar-refractivity contribution in [2.45, 2.75) is 25.7 Å². The summed E-state index contributed by atoms with van der Waals surface area (Å²) in [4.78, 5) is 15.0. The van der Waals surface area contributed by atoms with Gasteiger partial charge in [0.05, 0.1) is 11.6 Å². The quantitative estimate of drug-likeness (QED) is 0.671. The molecule has 1 aromatic heterocycles. The number of carbonyl (C=O) groups excluding carboxylic acids is 1. The number of anilines is 1. The van der Waals surface area contributed by atoms with Crippen LogP contribution in [0.3, 0.4) is 0 Å². The van der Waals surface area contributed by atoms with E-state index in [4.69, 9.17) is 0 Å². The van der Waals surface area contributed by atoms with Crippen LogP contribution in [0.4, 0.5) is 5.69 Å². The van der Waals surface area contributed by atoms with Crippen LogP contribution in [0, 0.1) is 5.92 Å². The van der Waals surface area contributed by atoms with Crippen molar-refractivity contribution < 1.29 is 4.79 Å². The number of tetrazole rings is 1. The molecule has 150 valence electrons. The van der Waals surface area contributed by atoms with Crippen molar-refractivity contribution in [2.75, 3.05) is 25.0 Å². The molecule has 1 aliphatic rings. The number of para-hydroxylation sites is 2. The van der Waals surface area contributed by atoms with Crippen molar-refractivity contribution >= 4 is 11.6 Å². The third-order valence-electron chi connectivity index (χ3n) is 5.33. The molecule has 0 aliphatic carbocycles. The number of nitrogens with one attached hydrogen (secondary N) is 1. The number of rotatable bonds is 7. The van der Waals surface area contributed by atoms with E-state index in [1.54, 1.807) is 4.68 Å². The zero-order valence-corrected chi connectivity index (χ0v) is 16.4. The molecule has 2 heterocycles. The van der Waals surface area contributed by atoms with Gasteiger partial charge in [0.1, 0.15) is 0 Å². The number of amides is 1. The molecule has 1 N–H and O–H groups in total. The average Bonchev–Trinajstić information content (AvgIpc) is 3.24. The van der Waals surface area contributed by atoms with Gasteiger partial charge in [0.2, 0.25) is 5.91 Å². The molecule has 1 fully saturated rings. The van der Waals surface area contributed by atoms with E-state index < -0.39 is 0 Å². The van der Waals surface area contributed by atoms with Crippen LogP contribution in [0.15, 0.2) is 60.7 Å². The van der Waals surface area contributed by atoms with Gasteiger partial charge in [0.15, 0.2) is 5.82 Å². The number of aryl methyl sites for hydroxylation is 1. The first-order chi connectivity index (χ1) is 14.3. The monoisotopic (exact) mass is 390 g/mol. The number of carbonyl (C=O) groups is 1. The maximum absolute atomic E-state index is 12.6. The van der Waals surface area contributed by atoms with Gasteiger partial charge in [0, 0.05) is 18.7 Å². The highest BCUT2D eigenvalue weighted by Crippen LogP contribution is 2.19. The molecule has 4 rings (SSSR count). The van der Waals surface area contributed by atoms with Crippen LogP contribution in [0.5, 0.6) is 0 Å². The minimum atomic E-state index is 0.0404. The van der Waals surface area contributed by atoms with Crippen LogP contribution in [0.25, 0.3) is 5.69 Å². The van der Waals surface area contributed by atoms with Crippen LogP contribution in [-0.2, 0) is 11.2 Å². The third kappa shape index (κ3) is 5.06. The van der Waals surface area contributed by atoms with Gasteiger partial charge in [0.25, 0.3) is 0 Å². The molecule has 0 bridgehead atoms. The highest BCUT2D eigenvalue weighted by molar-refractivity contribution is 5.92. The number of nitrogens with zero attached hydrogens (tertiary/aromatic N) is 5. The molecular weight excluding hydrogens is 364 g/mol. The summed E-state index contributed by atoms with van der Waals surface area (Å²) < 4.78 is 1.80. The maximum atomic E-state index is 12.6. The van der Waals surface area contributed by atoms with E-state index in [-0.39, 0.29) is 11.8 Å². The predicted octanol–water partition coefficient (Wildman–Crippen LogP) is 2.95. The largest absolute Gasteiger partial charge is 0.326 e. The highest BCUT2D eigenvalue weighted by atomic mass is 16.1. The summed E-state index contributed by atoms with van der Waals surface area (Å²) in [6, 6.07) is 19.6. The van der Waals surface area contributed by atoms with Crippen molar-refractivity contribution in [1.29, 1.82) is 0 Å². The lowest BCUT2D eigenvalue weighted by molar-refractivity contribution is -0.121. The molecule has 1 aliphatic heterocycles. The van der Waals surface area contributed by atoms with E-state index in [1.165, 1.54) is 0 Å². The molecule has 0 radical (unpaired) electrons. The lowest BCUT2D eigenvalue weighted by Crippen LogP contribution is -2.41. The molecule has 1 atom stereocenters. The predicted molar refractivity (Wildman–Crippen MR) is 112 cm³/mol. The van der Waals surface area contributed by atoms with Gasteiger partial charge in [-0.2, -0.15) is 4.68 Å². The lowest BCUT2D eigenvalue weighted by Gasteiger charge is -2.31. The van der Waals surface area contributed by atoms with E-state index in [0.717, 1.165) is 62.5 Å². The van der Waals surface area contributed by atoms with Gasteiger partial charge in [-0.05, 0) is 67.0 Å². The molecule has 2 aromatic carbocycles. The van der Waals surface area contributed by atoms with E-state index >= 15 is 0 Å². The van der Waals surface area contributed by atoms with Crippen molar-refractivity contribution in [3.8, 4) is 5.69 Å². The fourth-order valence-corrected chi connectivity index (χ4v) is 3.83. The van der Waals surface area contributed by atoms with Crippen molar-refractivity contribution in [2.24, 2.45) is 5.92 Å². The minimum absolute atomic E-state index is 0.0404. The van der Waals surface area contributed by atoms with E-state index in [2.05, 4.69) is 25.7 Å². The van der Waals surface area contributed by atoms with Crippen LogP contribution in [0.2, 0.25) is 0 Å². The first-order valence-corrected chi connectivity index (χ1v) is 10.2. The summed E-state index contributed by atoms with van der Waals surface area (Å²) in [5.41, 5.74) is 1.84. The van der Waals surface area contributed by atoms with Crippen LogP contribution < -0.4 is 5.32 Å². The van der Waals surface area contributed by atoms with Crippen molar-refractivity contribution in [3.05, 3.63) is 66.5 Å². The Morgan fingerprint density at radius 2 is 1.83 bits per heavy atom. The summed E-state index contributed by atoms with van der Waals surface area (Å²) in [6.45, 7) is 2.79. The zero-order valence-electron chi connectivity index (χ0n) is 16.4. The van der Waals surface area contributed by atoms with Gasteiger partial charge in [-0.3, -0.25) is 4.79 Å². The maximum Gasteiger partial charge on any atom is 0.228 e. The molecule has 7 nitrogen and oxygen atoms in total. The van der Waals surface area contributed by atoms with Crippen LogP contribution in [-0.4, -0.2) is 50.6 Å². The summed E-state index contributed by atoms with van der Waals surface area (Å²) in [6.07, 6.45) is 3.76. The Kier molecular flexibility index (Phi) is 6.26. The number of piperidine rings is 1. The molecule has 0 spiro atoms. The second kappa shape index (κ2) is 9.43. The molecule has 1 saturated heterocycles. The number of hydrogen-bond acceptors (Lipinski definition) is 5. The topological polar surface area (TPSA) is 75.9 Å². The second-order valence-electron chi connectivity index (χ2n) is 7.44. The summed E-state index contributed by atoms with van der Waals surface area (Å²) >= 11 is 0. The molecule has 29 heavy (non-hydrogen) atoms. The number of likely N-dealkylation sites (tertiary alicyclic amines) is 1. The van der Waals surface area contributed by atoms with E-state index in [9.17, 15) is 4.79 Å². The number of hydrogen-bond donors (Lipinski definition) is 1. The van der Waals surface area contributed by atoms with Gasteiger partial charge in [-0.15, -0.1) is 5.10 Å². The van der Waals surface area contributed by atoms with E-state index in [1.807, 2.05) is 60.7 Å². The van der Waals surface area contributed by atoms with Crippen LogP contribution in [0.1, 0.15) is 25.1 Å². The normalized spacial score (nSPS) is 17.2. The number of aromatic nitrogens is 4. The molecule has 0 unspecified atom stereocenters. The average molecular weight is 390 g/mol. The molecule has 1 amide bonds. The van der Waals surface area contributed by atoms with Gasteiger partial charge in [-0.1, -0.05) is 36.4 Å². The molecule has 3 aromatic rings. The van der Waals surface area contributed by atoms with E-state index in [0.29, 0.717) is 0 Å². The molecule has 0 saturated carbocycles. The Balaban J connectivity index is 1.27. The first-order valence-electron chi connectivity index (χ1n) is 10.2. The lowest BCUT2D eigenvalue weighted by atomic mass is 9.96. The zero-order chi connectivity index (χ0) is 19.9. The fourth-order valence-electron chi connectivity index (χ4n) is 3.83. The molecule has 7 heteroatoms. The highest BCUT2D eigenvalue weighted by Gasteiger charge is 2.25. The van der Waals surface area contributed by atoms with Crippen molar-refractivity contribution in [1.82, 2.24) is 25.1 Å². The third-order valence-corrected chi connectivity index (χ3v) is 5.33. The van der Waals surface area contributed by atoms with Crippen molar-refractivity contribution in [3.63, 3.8) is 0 Å². The standard InChI is InChI=1S/C22H26N6O/c29-22(23-19-10-3-1-4-11-19)18-9-7-15-27(17-18)16-8-14-21-24-25-26-28(21)20-12-5-2-6-13-20/h1-6,10-13,18H,7-9,14-17H2,(H,23,29)/t18-/m1/s1. The van der Waals surface area contributed by atoms with Gasteiger partial charge < -0.3 is 10.2 Å². The van der Waals surface area contributed by atoms with Gasteiger partial charge >= 0.3 is 0 Å².